The number of hydrogen-bond donors (Lipinski definition) is 0. The summed E-state index contributed by atoms with van der Waals surface area (Å²) in [4.78, 5) is 42.5. The Kier molecular flexibility index (Phi) is 2.73. The second kappa shape index (κ2) is 4.56. The second-order valence-corrected chi connectivity index (χ2v) is 6.19. The number of anilines is 1. The fourth-order valence-corrected chi connectivity index (χ4v) is 3.54. The van der Waals surface area contributed by atoms with Crippen LogP contribution >= 0.6 is 11.3 Å². The van der Waals surface area contributed by atoms with Gasteiger partial charge in [0.15, 0.2) is 5.69 Å². The number of thiazole rings is 1. The van der Waals surface area contributed by atoms with Crippen molar-refractivity contribution in [2.75, 3.05) is 4.90 Å². The van der Waals surface area contributed by atoms with Crippen molar-refractivity contribution in [3.63, 3.8) is 0 Å². The normalized spacial score (nSPS) is 13.9. The van der Waals surface area contributed by atoms with E-state index >= 15 is 0 Å². The quantitative estimate of drug-likeness (QED) is 0.634. The molecule has 0 aliphatic carbocycles. The first-order valence-corrected chi connectivity index (χ1v) is 7.65. The van der Waals surface area contributed by atoms with Crippen molar-refractivity contribution in [2.24, 2.45) is 0 Å². The van der Waals surface area contributed by atoms with E-state index in [9.17, 15) is 14.4 Å². The molecule has 0 saturated carbocycles. The molecule has 23 heavy (non-hydrogen) atoms. The Bertz CT molecular complexity index is 1070. The summed E-state index contributed by atoms with van der Waals surface area (Å²) in [6.07, 6.45) is 0. The van der Waals surface area contributed by atoms with Crippen LogP contribution in [-0.2, 0) is 0 Å². The van der Waals surface area contributed by atoms with Crippen molar-refractivity contribution in [3.05, 3.63) is 56.4 Å². The highest BCUT2D eigenvalue weighted by Crippen LogP contribution is 2.34. The first kappa shape index (κ1) is 13.8. The van der Waals surface area contributed by atoms with Gasteiger partial charge in [-0.25, -0.2) is 4.90 Å². The summed E-state index contributed by atoms with van der Waals surface area (Å²) < 4.78 is 1.29. The number of carbonyl (C=O) groups excluding carboxylic acids is 2. The molecule has 4 rings (SSSR count). The topological polar surface area (TPSA) is 84.6 Å². The van der Waals surface area contributed by atoms with Crippen LogP contribution in [0.15, 0.2) is 29.1 Å². The number of aromatic nitrogens is 3. The molecular formula is C15H10N4O3S. The lowest BCUT2D eigenvalue weighted by Crippen LogP contribution is -2.31. The molecule has 0 saturated heterocycles. The van der Waals surface area contributed by atoms with E-state index in [1.165, 1.54) is 11.4 Å². The zero-order valence-electron chi connectivity index (χ0n) is 12.2. The maximum atomic E-state index is 12.8. The molecule has 0 unspecified atom stereocenters. The lowest BCUT2D eigenvalue weighted by Gasteiger charge is -2.16. The molecule has 3 heterocycles. The van der Waals surface area contributed by atoms with Gasteiger partial charge in [-0.2, -0.15) is 14.6 Å². The van der Waals surface area contributed by atoms with Crippen LogP contribution in [0.25, 0.3) is 4.96 Å². The van der Waals surface area contributed by atoms with Crippen LogP contribution in [-0.4, -0.2) is 26.4 Å². The van der Waals surface area contributed by atoms with Crippen LogP contribution < -0.4 is 10.5 Å². The second-order valence-electron chi connectivity index (χ2n) is 5.21. The molecule has 7 nitrogen and oxygen atoms in total. The highest BCUT2D eigenvalue weighted by Gasteiger charge is 2.42. The molecule has 1 aliphatic rings. The molecule has 2 amide bonds. The predicted octanol–water partition coefficient (Wildman–Crippen LogP) is 1.57. The predicted molar refractivity (Wildman–Crippen MR) is 84.2 cm³/mol. The summed E-state index contributed by atoms with van der Waals surface area (Å²) in [5.74, 6) is -0.871. The number of nitrogens with zero attached hydrogens (tertiary/aromatic N) is 4. The molecule has 0 N–H and O–H groups in total. The lowest BCUT2D eigenvalue weighted by atomic mass is 10.2. The third kappa shape index (κ3) is 1.78. The highest BCUT2D eigenvalue weighted by atomic mass is 32.1. The third-order valence-corrected chi connectivity index (χ3v) is 4.74. The standard InChI is InChI=1S/C15H10N4O3S/c1-7-5-3-4-6-9(7)18-13(21)10-11(14(18)22)23-15-16-12(20)8(2)17-19(10)15/h3-6H,1-2H3. The fourth-order valence-electron chi connectivity index (χ4n) is 2.56. The first-order chi connectivity index (χ1) is 11.0. The van der Waals surface area contributed by atoms with Crippen LogP contribution in [0.3, 0.4) is 0 Å². The van der Waals surface area contributed by atoms with Gasteiger partial charge in [-0.05, 0) is 25.5 Å². The largest absolute Gasteiger partial charge is 0.295 e. The van der Waals surface area contributed by atoms with E-state index < -0.39 is 17.4 Å². The molecule has 3 aromatic rings. The fraction of sp³-hybridized carbons (Fsp3) is 0.133. The number of amides is 2. The Morgan fingerprint density at radius 2 is 1.78 bits per heavy atom. The minimum absolute atomic E-state index is 0.161. The number of para-hydroxylation sites is 1. The molecule has 0 fully saturated rings. The zero-order chi connectivity index (χ0) is 16.3. The van der Waals surface area contributed by atoms with Gasteiger partial charge in [0.05, 0.1) is 5.69 Å². The van der Waals surface area contributed by atoms with Crippen LogP contribution in [0.1, 0.15) is 31.4 Å². The average Bonchev–Trinajstić information content (AvgIpc) is 2.98. The number of hydrogen-bond acceptors (Lipinski definition) is 6. The van der Waals surface area contributed by atoms with Gasteiger partial charge >= 0.3 is 0 Å². The molecule has 8 heteroatoms. The monoisotopic (exact) mass is 326 g/mol. The Morgan fingerprint density at radius 3 is 2.52 bits per heavy atom. The minimum Gasteiger partial charge on any atom is -0.267 e. The molecule has 1 aromatic carbocycles. The van der Waals surface area contributed by atoms with Crippen molar-refractivity contribution >= 4 is 33.8 Å². The van der Waals surface area contributed by atoms with Gasteiger partial charge in [-0.15, -0.1) is 0 Å². The van der Waals surface area contributed by atoms with Crippen LogP contribution in [0.5, 0.6) is 0 Å². The Labute approximate surface area is 133 Å². The van der Waals surface area contributed by atoms with Gasteiger partial charge in [0.2, 0.25) is 4.96 Å². The first-order valence-electron chi connectivity index (χ1n) is 6.84. The van der Waals surface area contributed by atoms with E-state index in [4.69, 9.17) is 0 Å². The van der Waals surface area contributed by atoms with Crippen molar-refractivity contribution in [1.82, 2.24) is 14.6 Å². The Morgan fingerprint density at radius 1 is 1.04 bits per heavy atom. The van der Waals surface area contributed by atoms with Gasteiger partial charge < -0.3 is 0 Å². The van der Waals surface area contributed by atoms with Gasteiger partial charge in [0.25, 0.3) is 17.4 Å². The van der Waals surface area contributed by atoms with E-state index in [2.05, 4.69) is 10.1 Å². The maximum Gasteiger partial charge on any atom is 0.295 e. The molecular weight excluding hydrogens is 316 g/mol. The molecule has 1 aliphatic heterocycles. The molecule has 0 atom stereocenters. The van der Waals surface area contributed by atoms with Crippen molar-refractivity contribution in [2.45, 2.75) is 13.8 Å². The summed E-state index contributed by atoms with van der Waals surface area (Å²) in [5, 5.41) is 4.09. The summed E-state index contributed by atoms with van der Waals surface area (Å²) in [6.45, 7) is 3.35. The lowest BCUT2D eigenvalue weighted by molar-refractivity contribution is 0.0924. The Hall–Kier alpha value is -2.87. The summed E-state index contributed by atoms with van der Waals surface area (Å²) >= 11 is 1.00. The summed E-state index contributed by atoms with van der Waals surface area (Å²) in [6, 6.07) is 7.17. The number of fused-ring (bicyclic) bond motifs is 3. The van der Waals surface area contributed by atoms with E-state index in [-0.39, 0.29) is 21.2 Å². The Balaban J connectivity index is 1.96. The van der Waals surface area contributed by atoms with Crippen molar-refractivity contribution < 1.29 is 9.59 Å². The summed E-state index contributed by atoms with van der Waals surface area (Å²) in [7, 11) is 0. The third-order valence-electron chi connectivity index (χ3n) is 3.72. The number of aryl methyl sites for hydroxylation is 2. The van der Waals surface area contributed by atoms with E-state index in [1.54, 1.807) is 12.1 Å². The van der Waals surface area contributed by atoms with Gasteiger partial charge in [0, 0.05) is 0 Å². The van der Waals surface area contributed by atoms with Crippen molar-refractivity contribution in [1.29, 1.82) is 0 Å². The smallest absolute Gasteiger partial charge is 0.267 e. The van der Waals surface area contributed by atoms with E-state index in [0.717, 1.165) is 21.8 Å². The minimum atomic E-state index is -0.458. The number of benzene rings is 1. The SMILES string of the molecule is Cc1ccccc1N1C(=O)c2sc3nc(=O)c(C)nn3c2C1=O. The van der Waals surface area contributed by atoms with Crippen LogP contribution in [0.2, 0.25) is 0 Å². The van der Waals surface area contributed by atoms with E-state index in [1.807, 2.05) is 19.1 Å². The zero-order valence-corrected chi connectivity index (χ0v) is 13.0. The van der Waals surface area contributed by atoms with Gasteiger partial charge in [0.1, 0.15) is 10.6 Å². The maximum absolute atomic E-state index is 12.8. The molecule has 0 spiro atoms. The van der Waals surface area contributed by atoms with E-state index in [0.29, 0.717) is 5.69 Å². The molecule has 2 aromatic heterocycles. The van der Waals surface area contributed by atoms with Crippen LogP contribution in [0, 0.1) is 13.8 Å². The average molecular weight is 326 g/mol. The molecule has 0 bridgehead atoms. The highest BCUT2D eigenvalue weighted by molar-refractivity contribution is 7.19. The van der Waals surface area contributed by atoms with Gasteiger partial charge in [-0.1, -0.05) is 29.5 Å². The van der Waals surface area contributed by atoms with Crippen molar-refractivity contribution in [3.8, 4) is 0 Å². The van der Waals surface area contributed by atoms with Crippen LogP contribution in [0.4, 0.5) is 5.69 Å². The number of carbonyl (C=O) groups is 2. The number of imide groups is 1. The summed E-state index contributed by atoms with van der Waals surface area (Å²) in [5.41, 5.74) is 1.25. The van der Waals surface area contributed by atoms with Gasteiger partial charge in [-0.3, -0.25) is 14.4 Å². The number of rotatable bonds is 1. The molecule has 114 valence electrons. The molecule has 0 radical (unpaired) electrons.